The van der Waals surface area contributed by atoms with Gasteiger partial charge in [0.2, 0.25) is 0 Å². The summed E-state index contributed by atoms with van der Waals surface area (Å²) in [7, 11) is 0. The Hall–Kier alpha value is -0.0800. The lowest BCUT2D eigenvalue weighted by Gasteiger charge is -2.38. The maximum absolute atomic E-state index is 6.03. The molecule has 2 unspecified atom stereocenters. The first-order valence-electron chi connectivity index (χ1n) is 7.77. The van der Waals surface area contributed by atoms with Crippen LogP contribution in [0.25, 0.3) is 0 Å². The fraction of sp³-hybridized carbons (Fsp3) is 1.00. The van der Waals surface area contributed by atoms with Crippen LogP contribution in [0, 0.1) is 5.92 Å². The summed E-state index contributed by atoms with van der Waals surface area (Å²) in [6, 6.07) is 0.635. The SMILES string of the molecule is CCCNC(C1CCCCC1)C1CCCCO1. The van der Waals surface area contributed by atoms with Gasteiger partial charge < -0.3 is 10.1 Å². The summed E-state index contributed by atoms with van der Waals surface area (Å²) in [4.78, 5) is 0. The molecule has 1 aliphatic heterocycles. The molecule has 0 spiro atoms. The lowest BCUT2D eigenvalue weighted by molar-refractivity contribution is -0.0251. The smallest absolute Gasteiger partial charge is 0.0730 e. The van der Waals surface area contributed by atoms with E-state index in [9.17, 15) is 0 Å². The second-order valence-corrected chi connectivity index (χ2v) is 5.78. The first-order chi connectivity index (χ1) is 8.42. The Kier molecular flexibility index (Phi) is 5.79. The zero-order chi connectivity index (χ0) is 11.9. The van der Waals surface area contributed by atoms with Crippen molar-refractivity contribution in [3.05, 3.63) is 0 Å². The van der Waals surface area contributed by atoms with Gasteiger partial charge >= 0.3 is 0 Å². The molecule has 1 N–H and O–H groups in total. The second-order valence-electron chi connectivity index (χ2n) is 5.78. The van der Waals surface area contributed by atoms with Crippen LogP contribution < -0.4 is 5.32 Å². The normalized spacial score (nSPS) is 29.1. The van der Waals surface area contributed by atoms with Gasteiger partial charge in [0.25, 0.3) is 0 Å². The predicted molar refractivity (Wildman–Crippen MR) is 72.2 cm³/mol. The van der Waals surface area contributed by atoms with E-state index < -0.39 is 0 Å². The molecule has 0 aromatic carbocycles. The lowest BCUT2D eigenvalue weighted by atomic mass is 9.80. The second kappa shape index (κ2) is 7.38. The molecule has 2 fully saturated rings. The first kappa shape index (κ1) is 13.4. The molecule has 1 saturated heterocycles. The Morgan fingerprint density at radius 3 is 2.47 bits per heavy atom. The van der Waals surface area contributed by atoms with Crippen LogP contribution in [-0.2, 0) is 4.74 Å². The van der Waals surface area contributed by atoms with Crippen LogP contribution >= 0.6 is 0 Å². The predicted octanol–water partition coefficient (Wildman–Crippen LogP) is 3.50. The van der Waals surface area contributed by atoms with Crippen LogP contribution in [0.1, 0.15) is 64.7 Å². The van der Waals surface area contributed by atoms with Crippen molar-refractivity contribution in [2.45, 2.75) is 76.9 Å². The van der Waals surface area contributed by atoms with E-state index in [2.05, 4.69) is 12.2 Å². The third-order valence-electron chi connectivity index (χ3n) is 4.40. The van der Waals surface area contributed by atoms with E-state index in [1.807, 2.05) is 0 Å². The summed E-state index contributed by atoms with van der Waals surface area (Å²) in [5.74, 6) is 0.874. The molecule has 2 nitrogen and oxygen atoms in total. The maximum atomic E-state index is 6.03. The maximum Gasteiger partial charge on any atom is 0.0730 e. The summed E-state index contributed by atoms with van der Waals surface area (Å²) >= 11 is 0. The quantitative estimate of drug-likeness (QED) is 0.793. The highest BCUT2D eigenvalue weighted by atomic mass is 16.5. The minimum Gasteiger partial charge on any atom is -0.377 e. The fourth-order valence-electron chi connectivity index (χ4n) is 3.45. The van der Waals surface area contributed by atoms with Crippen molar-refractivity contribution < 1.29 is 4.74 Å². The topological polar surface area (TPSA) is 21.3 Å². The minimum atomic E-state index is 0.499. The van der Waals surface area contributed by atoms with E-state index in [1.165, 1.54) is 57.8 Å². The van der Waals surface area contributed by atoms with Gasteiger partial charge in [0, 0.05) is 12.6 Å². The Bertz CT molecular complexity index is 177. The van der Waals surface area contributed by atoms with Crippen LogP contribution in [0.3, 0.4) is 0 Å². The van der Waals surface area contributed by atoms with Crippen molar-refractivity contribution in [3.63, 3.8) is 0 Å². The zero-order valence-corrected chi connectivity index (χ0v) is 11.4. The van der Waals surface area contributed by atoms with Gasteiger partial charge in [-0.3, -0.25) is 0 Å². The third kappa shape index (κ3) is 3.96. The molecule has 1 saturated carbocycles. The van der Waals surface area contributed by atoms with Crippen LogP contribution in [0.5, 0.6) is 0 Å². The standard InChI is InChI=1S/C15H29NO/c1-2-11-16-15(13-8-4-3-5-9-13)14-10-6-7-12-17-14/h13-16H,2-12H2,1H3. The van der Waals surface area contributed by atoms with Gasteiger partial charge in [-0.1, -0.05) is 26.2 Å². The molecule has 100 valence electrons. The van der Waals surface area contributed by atoms with E-state index in [1.54, 1.807) is 0 Å². The molecule has 0 amide bonds. The summed E-state index contributed by atoms with van der Waals surface area (Å²) in [6.07, 6.45) is 12.8. The van der Waals surface area contributed by atoms with Crippen molar-refractivity contribution in [1.29, 1.82) is 0 Å². The van der Waals surface area contributed by atoms with E-state index in [-0.39, 0.29) is 0 Å². The zero-order valence-electron chi connectivity index (χ0n) is 11.4. The van der Waals surface area contributed by atoms with Crippen LogP contribution in [-0.4, -0.2) is 25.3 Å². The van der Waals surface area contributed by atoms with Crippen molar-refractivity contribution in [2.75, 3.05) is 13.2 Å². The largest absolute Gasteiger partial charge is 0.377 e. The Balaban J connectivity index is 1.90. The highest BCUT2D eigenvalue weighted by Crippen LogP contribution is 2.31. The van der Waals surface area contributed by atoms with Crippen LogP contribution in [0.15, 0.2) is 0 Å². The number of rotatable bonds is 5. The molecule has 0 aromatic rings. The molecule has 2 aliphatic rings. The number of nitrogens with one attached hydrogen (secondary N) is 1. The molecule has 2 rings (SSSR count). The lowest BCUT2D eigenvalue weighted by Crippen LogP contribution is -2.48. The summed E-state index contributed by atoms with van der Waals surface area (Å²) in [5, 5.41) is 3.78. The van der Waals surface area contributed by atoms with Crippen LogP contribution in [0.4, 0.5) is 0 Å². The van der Waals surface area contributed by atoms with Gasteiger partial charge in [-0.05, 0) is 51.0 Å². The van der Waals surface area contributed by atoms with Gasteiger partial charge in [0.1, 0.15) is 0 Å². The molecular formula is C15H29NO. The molecule has 1 aliphatic carbocycles. The summed E-state index contributed by atoms with van der Waals surface area (Å²) in [6.45, 7) is 4.40. The van der Waals surface area contributed by atoms with E-state index >= 15 is 0 Å². The molecular weight excluding hydrogens is 210 g/mol. The van der Waals surface area contributed by atoms with Crippen molar-refractivity contribution in [2.24, 2.45) is 5.92 Å². The van der Waals surface area contributed by atoms with Crippen molar-refractivity contribution in [3.8, 4) is 0 Å². The minimum absolute atomic E-state index is 0.499. The van der Waals surface area contributed by atoms with Gasteiger partial charge in [-0.15, -0.1) is 0 Å². The summed E-state index contributed by atoms with van der Waals surface area (Å²) < 4.78 is 6.03. The van der Waals surface area contributed by atoms with Crippen molar-refractivity contribution in [1.82, 2.24) is 5.32 Å². The molecule has 0 bridgehead atoms. The molecule has 0 aromatic heterocycles. The summed E-state index contributed by atoms with van der Waals surface area (Å²) in [5.41, 5.74) is 0. The van der Waals surface area contributed by atoms with Crippen molar-refractivity contribution >= 4 is 0 Å². The molecule has 0 radical (unpaired) electrons. The van der Waals surface area contributed by atoms with Gasteiger partial charge in [0.05, 0.1) is 6.10 Å². The molecule has 2 atom stereocenters. The fourth-order valence-corrected chi connectivity index (χ4v) is 3.45. The Morgan fingerprint density at radius 1 is 1.06 bits per heavy atom. The Morgan fingerprint density at radius 2 is 1.82 bits per heavy atom. The van der Waals surface area contributed by atoms with E-state index in [0.717, 1.165) is 19.1 Å². The highest BCUT2D eigenvalue weighted by molar-refractivity contribution is 4.87. The average Bonchev–Trinajstić information content (AvgIpc) is 2.42. The monoisotopic (exact) mass is 239 g/mol. The molecule has 2 heteroatoms. The van der Waals surface area contributed by atoms with E-state index in [4.69, 9.17) is 4.74 Å². The number of hydrogen-bond acceptors (Lipinski definition) is 2. The van der Waals surface area contributed by atoms with Crippen LogP contribution in [0.2, 0.25) is 0 Å². The molecule has 1 heterocycles. The Labute approximate surface area is 107 Å². The molecule has 17 heavy (non-hydrogen) atoms. The average molecular weight is 239 g/mol. The van der Waals surface area contributed by atoms with Gasteiger partial charge in [-0.2, -0.15) is 0 Å². The van der Waals surface area contributed by atoms with Gasteiger partial charge in [-0.25, -0.2) is 0 Å². The van der Waals surface area contributed by atoms with Gasteiger partial charge in [0.15, 0.2) is 0 Å². The first-order valence-corrected chi connectivity index (χ1v) is 7.77. The van der Waals surface area contributed by atoms with E-state index in [0.29, 0.717) is 12.1 Å². The third-order valence-corrected chi connectivity index (χ3v) is 4.40. The highest BCUT2D eigenvalue weighted by Gasteiger charge is 2.31. The number of ether oxygens (including phenoxy) is 1. The number of hydrogen-bond donors (Lipinski definition) is 1.